The molecule has 0 spiro atoms. The molecule has 0 saturated heterocycles. The van der Waals surface area contributed by atoms with Crippen molar-refractivity contribution in [3.8, 4) is 0 Å². The number of hydrogen-bond acceptors (Lipinski definition) is 4. The maximum Gasteiger partial charge on any atom is 0.259 e. The Morgan fingerprint density at radius 1 is 1.08 bits per heavy atom. The van der Waals surface area contributed by atoms with Gasteiger partial charge in [-0.25, -0.2) is 5.84 Å². The summed E-state index contributed by atoms with van der Waals surface area (Å²) in [6.07, 6.45) is 5.49. The maximum atomic E-state index is 12.6. The zero-order valence-corrected chi connectivity index (χ0v) is 15.9. The van der Waals surface area contributed by atoms with E-state index in [0.717, 1.165) is 42.7 Å². The lowest BCUT2D eigenvalue weighted by molar-refractivity contribution is -0.138. The van der Waals surface area contributed by atoms with Crippen LogP contribution in [0.2, 0.25) is 0 Å². The van der Waals surface area contributed by atoms with Crippen LogP contribution < -0.4 is 11.2 Å². The van der Waals surface area contributed by atoms with Gasteiger partial charge in [-0.15, -0.1) is 0 Å². The minimum atomic E-state index is -0.913. The highest BCUT2D eigenvalue weighted by Crippen LogP contribution is 2.07. The van der Waals surface area contributed by atoms with Gasteiger partial charge in [-0.1, -0.05) is 62.9 Å². The van der Waals surface area contributed by atoms with Crippen LogP contribution in [0.25, 0.3) is 0 Å². The van der Waals surface area contributed by atoms with Crippen LogP contribution in [0.1, 0.15) is 64.4 Å². The summed E-state index contributed by atoms with van der Waals surface area (Å²) in [7, 11) is 0. The van der Waals surface area contributed by atoms with E-state index in [2.05, 4.69) is 12.2 Å². The first-order valence-corrected chi connectivity index (χ1v) is 9.32. The van der Waals surface area contributed by atoms with Crippen molar-refractivity contribution in [2.24, 2.45) is 5.84 Å². The van der Waals surface area contributed by atoms with E-state index >= 15 is 0 Å². The van der Waals surface area contributed by atoms with Gasteiger partial charge >= 0.3 is 0 Å². The van der Waals surface area contributed by atoms with E-state index in [-0.39, 0.29) is 24.7 Å². The van der Waals surface area contributed by atoms with Crippen molar-refractivity contribution in [3.05, 3.63) is 35.9 Å². The normalized spacial score (nSPS) is 11.7. The molecule has 0 bridgehead atoms. The zero-order valence-electron chi connectivity index (χ0n) is 15.9. The number of carbonyl (C=O) groups is 3. The lowest BCUT2D eigenvalue weighted by Gasteiger charge is -2.23. The van der Waals surface area contributed by atoms with Crippen molar-refractivity contribution in [2.75, 3.05) is 0 Å². The van der Waals surface area contributed by atoms with Crippen LogP contribution in [-0.2, 0) is 20.9 Å². The zero-order chi connectivity index (χ0) is 19.4. The number of hydrazine groups is 1. The quantitative estimate of drug-likeness (QED) is 0.259. The summed E-state index contributed by atoms with van der Waals surface area (Å²) in [6.45, 7) is 3.76. The molecular formula is C20H31N3O3. The number of benzene rings is 1. The topological polar surface area (TPSA) is 92.5 Å². The van der Waals surface area contributed by atoms with Gasteiger partial charge in [0.2, 0.25) is 5.91 Å². The molecule has 0 aliphatic carbocycles. The summed E-state index contributed by atoms with van der Waals surface area (Å²) in [4.78, 5) is 36.2. The lowest BCUT2D eigenvalue weighted by atomic mass is 10.1. The first-order valence-electron chi connectivity index (χ1n) is 9.32. The van der Waals surface area contributed by atoms with Crippen molar-refractivity contribution >= 4 is 17.6 Å². The van der Waals surface area contributed by atoms with Crippen LogP contribution in [-0.4, -0.2) is 28.6 Å². The molecule has 0 fully saturated rings. The number of Topliss-reactive ketones (excluding diaryl/α,β-unsaturated/α-hetero) is 1. The average molecular weight is 361 g/mol. The lowest BCUT2D eigenvalue weighted by Crippen LogP contribution is -2.51. The van der Waals surface area contributed by atoms with E-state index in [9.17, 15) is 14.4 Å². The molecule has 0 unspecified atom stereocenters. The van der Waals surface area contributed by atoms with E-state index in [1.54, 1.807) is 0 Å². The van der Waals surface area contributed by atoms with Crippen LogP contribution in [0, 0.1) is 0 Å². The molecule has 0 heterocycles. The highest BCUT2D eigenvalue weighted by atomic mass is 16.2. The van der Waals surface area contributed by atoms with Crippen molar-refractivity contribution in [1.82, 2.24) is 10.3 Å². The second kappa shape index (κ2) is 12.2. The molecule has 26 heavy (non-hydrogen) atoms. The fourth-order valence-corrected chi connectivity index (χ4v) is 2.70. The fourth-order valence-electron chi connectivity index (χ4n) is 2.70. The second-order valence-corrected chi connectivity index (χ2v) is 6.64. The Morgan fingerprint density at radius 3 is 2.35 bits per heavy atom. The second-order valence-electron chi connectivity index (χ2n) is 6.64. The molecule has 1 aromatic rings. The average Bonchev–Trinajstić information content (AvgIpc) is 2.60. The van der Waals surface area contributed by atoms with Gasteiger partial charge in [0, 0.05) is 12.8 Å². The molecule has 3 N–H and O–H groups in total. The molecule has 0 saturated carbocycles. The SMILES string of the molecule is CCCCCCCC(=O)N[C@@H](CC(C)=O)C(=O)N(N)Cc1ccccc1. The Hall–Kier alpha value is -2.21. The van der Waals surface area contributed by atoms with Gasteiger partial charge in [0.05, 0.1) is 6.54 Å². The number of nitrogens with one attached hydrogen (secondary N) is 1. The standard InChI is InChI=1S/C20H31N3O3/c1-3-4-5-6-10-13-19(25)22-18(14-16(2)24)20(26)23(21)15-17-11-8-7-9-12-17/h7-9,11-12,18H,3-6,10,13-15,21H2,1-2H3,(H,22,25)/t18-/m0/s1. The van der Waals surface area contributed by atoms with Gasteiger partial charge < -0.3 is 5.32 Å². The summed E-state index contributed by atoms with van der Waals surface area (Å²) < 4.78 is 0. The molecule has 1 aromatic carbocycles. The number of rotatable bonds is 12. The molecule has 6 heteroatoms. The Kier molecular flexibility index (Phi) is 10.2. The van der Waals surface area contributed by atoms with Crippen LogP contribution in [0.15, 0.2) is 30.3 Å². The molecule has 1 atom stereocenters. The predicted molar refractivity (Wildman–Crippen MR) is 102 cm³/mol. The van der Waals surface area contributed by atoms with Crippen LogP contribution in [0.5, 0.6) is 0 Å². The molecule has 0 radical (unpaired) electrons. The Bertz CT molecular complexity index is 575. The van der Waals surface area contributed by atoms with E-state index in [1.807, 2.05) is 30.3 Å². The number of carbonyl (C=O) groups excluding carboxylic acids is 3. The number of nitrogens with zero attached hydrogens (tertiary/aromatic N) is 1. The molecule has 0 aliphatic rings. The number of amides is 2. The van der Waals surface area contributed by atoms with Crippen molar-refractivity contribution in [3.63, 3.8) is 0 Å². The minimum Gasteiger partial charge on any atom is -0.344 e. The third-order valence-electron chi connectivity index (χ3n) is 4.11. The van der Waals surface area contributed by atoms with Gasteiger partial charge in [-0.2, -0.15) is 0 Å². The van der Waals surface area contributed by atoms with Crippen molar-refractivity contribution in [1.29, 1.82) is 0 Å². The van der Waals surface area contributed by atoms with E-state index in [1.165, 1.54) is 6.92 Å². The third-order valence-corrected chi connectivity index (χ3v) is 4.11. The number of unbranched alkanes of at least 4 members (excludes halogenated alkanes) is 4. The Morgan fingerprint density at radius 2 is 1.73 bits per heavy atom. The molecular weight excluding hydrogens is 330 g/mol. The van der Waals surface area contributed by atoms with Gasteiger partial charge in [-0.3, -0.25) is 19.4 Å². The summed E-state index contributed by atoms with van der Waals surface area (Å²) in [5.41, 5.74) is 0.882. The number of nitrogens with two attached hydrogens (primary N) is 1. The summed E-state index contributed by atoms with van der Waals surface area (Å²) >= 11 is 0. The summed E-state index contributed by atoms with van der Waals surface area (Å²) in [5.74, 6) is 5.04. The third kappa shape index (κ3) is 8.76. The molecule has 0 aliphatic heterocycles. The van der Waals surface area contributed by atoms with Crippen molar-refractivity contribution < 1.29 is 14.4 Å². The first kappa shape index (κ1) is 21.8. The van der Waals surface area contributed by atoms with E-state index in [4.69, 9.17) is 5.84 Å². The predicted octanol–water partition coefficient (Wildman–Crippen LogP) is 2.71. The Balaban J connectivity index is 2.56. The molecule has 6 nitrogen and oxygen atoms in total. The molecule has 1 rings (SSSR count). The molecule has 144 valence electrons. The number of ketones is 1. The van der Waals surface area contributed by atoms with Crippen LogP contribution >= 0.6 is 0 Å². The highest BCUT2D eigenvalue weighted by molar-refractivity contribution is 5.91. The minimum absolute atomic E-state index is 0.0527. The smallest absolute Gasteiger partial charge is 0.259 e. The summed E-state index contributed by atoms with van der Waals surface area (Å²) in [6, 6.07) is 8.42. The van der Waals surface area contributed by atoms with Gasteiger partial charge in [-0.05, 0) is 18.9 Å². The van der Waals surface area contributed by atoms with E-state index in [0.29, 0.717) is 6.42 Å². The fraction of sp³-hybridized carbons (Fsp3) is 0.550. The van der Waals surface area contributed by atoms with Crippen LogP contribution in [0.4, 0.5) is 0 Å². The number of hydrogen-bond donors (Lipinski definition) is 2. The highest BCUT2D eigenvalue weighted by Gasteiger charge is 2.25. The van der Waals surface area contributed by atoms with Gasteiger partial charge in [0.1, 0.15) is 11.8 Å². The van der Waals surface area contributed by atoms with E-state index < -0.39 is 11.9 Å². The first-order chi connectivity index (χ1) is 12.4. The monoisotopic (exact) mass is 361 g/mol. The largest absolute Gasteiger partial charge is 0.344 e. The van der Waals surface area contributed by atoms with Gasteiger partial charge in [0.15, 0.2) is 0 Å². The van der Waals surface area contributed by atoms with Crippen LogP contribution in [0.3, 0.4) is 0 Å². The summed E-state index contributed by atoms with van der Waals surface area (Å²) in [5, 5.41) is 3.73. The molecule has 2 amide bonds. The van der Waals surface area contributed by atoms with Gasteiger partial charge in [0.25, 0.3) is 5.91 Å². The maximum absolute atomic E-state index is 12.6. The van der Waals surface area contributed by atoms with Crippen molar-refractivity contribution in [2.45, 2.75) is 71.4 Å². The Labute approximate surface area is 156 Å². The molecule has 0 aromatic heterocycles.